The van der Waals surface area contributed by atoms with Crippen LogP contribution < -0.4 is 5.01 Å². The molecule has 1 aromatic carbocycles. The van der Waals surface area contributed by atoms with E-state index < -0.39 is 0 Å². The first-order valence-corrected chi connectivity index (χ1v) is 7.98. The first kappa shape index (κ1) is 16.2. The molecule has 1 aromatic heterocycles. The van der Waals surface area contributed by atoms with Crippen molar-refractivity contribution in [3.05, 3.63) is 59.3 Å². The molecule has 24 heavy (non-hydrogen) atoms. The van der Waals surface area contributed by atoms with E-state index in [2.05, 4.69) is 22.9 Å². The summed E-state index contributed by atoms with van der Waals surface area (Å²) in [5.41, 5.74) is 2.81. The van der Waals surface area contributed by atoms with Crippen molar-refractivity contribution in [1.29, 1.82) is 0 Å². The van der Waals surface area contributed by atoms with E-state index in [0.717, 1.165) is 11.1 Å². The second-order valence-corrected chi connectivity index (χ2v) is 6.74. The molecule has 0 saturated carbocycles. The molecule has 0 spiro atoms. The van der Waals surface area contributed by atoms with Crippen molar-refractivity contribution >= 4 is 11.7 Å². The number of hydrazine groups is 1. The highest BCUT2D eigenvalue weighted by Crippen LogP contribution is 2.31. The highest BCUT2D eigenvalue weighted by atomic mass is 16.2. The van der Waals surface area contributed by atoms with Crippen LogP contribution in [0.2, 0.25) is 0 Å². The number of amides is 1. The lowest BCUT2D eigenvalue weighted by atomic mass is 10.0. The SMILES string of the molecule is Cc1cccc(C#Cc2ccc(N3C(=O)CC(C)(C)N3C)nc2)c1. The fourth-order valence-electron chi connectivity index (χ4n) is 2.73. The lowest BCUT2D eigenvalue weighted by molar-refractivity contribution is -0.118. The molecule has 1 saturated heterocycles. The van der Waals surface area contributed by atoms with Crippen LogP contribution in [0.25, 0.3) is 0 Å². The summed E-state index contributed by atoms with van der Waals surface area (Å²) in [6, 6.07) is 11.8. The van der Waals surface area contributed by atoms with E-state index in [1.165, 1.54) is 5.56 Å². The monoisotopic (exact) mass is 319 g/mol. The van der Waals surface area contributed by atoms with Gasteiger partial charge in [-0.2, -0.15) is 0 Å². The molecule has 4 nitrogen and oxygen atoms in total. The summed E-state index contributed by atoms with van der Waals surface area (Å²) < 4.78 is 0. The summed E-state index contributed by atoms with van der Waals surface area (Å²) in [6.45, 7) is 6.14. The van der Waals surface area contributed by atoms with Crippen LogP contribution in [0.5, 0.6) is 0 Å². The number of rotatable bonds is 1. The fraction of sp³-hybridized carbons (Fsp3) is 0.300. The van der Waals surface area contributed by atoms with Crippen molar-refractivity contribution < 1.29 is 4.79 Å². The lowest BCUT2D eigenvalue weighted by Gasteiger charge is -2.31. The van der Waals surface area contributed by atoms with E-state index in [1.54, 1.807) is 11.2 Å². The number of hydrogen-bond donors (Lipinski definition) is 0. The van der Waals surface area contributed by atoms with Crippen molar-refractivity contribution in [2.45, 2.75) is 32.7 Å². The Labute approximate surface area is 143 Å². The third-order valence-corrected chi connectivity index (χ3v) is 4.33. The van der Waals surface area contributed by atoms with E-state index in [4.69, 9.17) is 0 Å². The standard InChI is InChI=1S/C20H21N3O/c1-15-6-5-7-16(12-15)8-9-17-10-11-18(21-14-17)23-19(24)13-20(2,3)22(23)4/h5-7,10-12,14H,13H2,1-4H3. The topological polar surface area (TPSA) is 36.4 Å². The number of anilines is 1. The summed E-state index contributed by atoms with van der Waals surface area (Å²) in [4.78, 5) is 16.7. The summed E-state index contributed by atoms with van der Waals surface area (Å²) in [7, 11) is 1.91. The van der Waals surface area contributed by atoms with Gasteiger partial charge in [0.15, 0.2) is 0 Å². The zero-order chi connectivity index (χ0) is 17.3. The molecule has 1 amide bonds. The first-order valence-electron chi connectivity index (χ1n) is 7.98. The number of carbonyl (C=O) groups is 1. The molecule has 2 aromatic rings. The van der Waals surface area contributed by atoms with Gasteiger partial charge in [-0.1, -0.05) is 24.0 Å². The number of pyridine rings is 1. The highest BCUT2D eigenvalue weighted by molar-refractivity contribution is 5.94. The maximum atomic E-state index is 12.2. The van der Waals surface area contributed by atoms with Crippen LogP contribution in [0, 0.1) is 18.8 Å². The van der Waals surface area contributed by atoms with Gasteiger partial charge < -0.3 is 0 Å². The molecule has 0 atom stereocenters. The quantitative estimate of drug-likeness (QED) is 0.758. The molecule has 0 aliphatic carbocycles. The van der Waals surface area contributed by atoms with E-state index in [1.807, 2.05) is 63.2 Å². The zero-order valence-electron chi connectivity index (χ0n) is 14.5. The molecule has 0 bridgehead atoms. The predicted octanol–water partition coefficient (Wildman–Crippen LogP) is 3.15. The van der Waals surface area contributed by atoms with Crippen LogP contribution in [0.3, 0.4) is 0 Å². The average molecular weight is 319 g/mol. The van der Waals surface area contributed by atoms with Gasteiger partial charge in [0.25, 0.3) is 0 Å². The molecule has 1 aliphatic rings. The minimum absolute atomic E-state index is 0.0635. The van der Waals surface area contributed by atoms with Crippen molar-refractivity contribution in [3.63, 3.8) is 0 Å². The van der Waals surface area contributed by atoms with Gasteiger partial charge in [0, 0.05) is 36.3 Å². The second-order valence-electron chi connectivity index (χ2n) is 6.74. The maximum absolute atomic E-state index is 12.2. The van der Waals surface area contributed by atoms with E-state index >= 15 is 0 Å². The Balaban J connectivity index is 1.81. The van der Waals surface area contributed by atoms with E-state index in [0.29, 0.717) is 12.2 Å². The number of hydrogen-bond acceptors (Lipinski definition) is 3. The highest BCUT2D eigenvalue weighted by Gasteiger charge is 2.42. The van der Waals surface area contributed by atoms with Crippen molar-refractivity contribution in [1.82, 2.24) is 9.99 Å². The van der Waals surface area contributed by atoms with Crippen LogP contribution >= 0.6 is 0 Å². The predicted molar refractivity (Wildman–Crippen MR) is 95.3 cm³/mol. The molecule has 0 radical (unpaired) electrons. The van der Waals surface area contributed by atoms with E-state index in [-0.39, 0.29) is 11.4 Å². The third kappa shape index (κ3) is 3.17. The van der Waals surface area contributed by atoms with Crippen LogP contribution in [-0.4, -0.2) is 28.5 Å². The molecule has 2 heterocycles. The number of aromatic nitrogens is 1. The van der Waals surface area contributed by atoms with Gasteiger partial charge in [0.1, 0.15) is 5.82 Å². The molecule has 0 N–H and O–H groups in total. The Morgan fingerprint density at radius 2 is 1.88 bits per heavy atom. The van der Waals surface area contributed by atoms with Crippen molar-refractivity contribution in [3.8, 4) is 11.8 Å². The third-order valence-electron chi connectivity index (χ3n) is 4.33. The molecule has 122 valence electrons. The molecular formula is C20H21N3O. The Kier molecular flexibility index (Phi) is 4.13. The molecule has 1 fully saturated rings. The first-order chi connectivity index (χ1) is 11.4. The molecule has 4 heteroatoms. The summed E-state index contributed by atoms with van der Waals surface area (Å²) in [5, 5.41) is 3.58. The second kappa shape index (κ2) is 6.10. The molecule has 3 rings (SSSR count). The molecule has 0 unspecified atom stereocenters. The van der Waals surface area contributed by atoms with Gasteiger partial charge in [0.05, 0.1) is 0 Å². The average Bonchev–Trinajstić information content (AvgIpc) is 2.74. The van der Waals surface area contributed by atoms with Gasteiger partial charge in [-0.25, -0.2) is 15.0 Å². The number of carbonyl (C=O) groups excluding carboxylic acids is 1. The smallest absolute Gasteiger partial charge is 0.244 e. The summed E-state index contributed by atoms with van der Waals surface area (Å²) >= 11 is 0. The van der Waals surface area contributed by atoms with Gasteiger partial charge in [0.2, 0.25) is 5.91 Å². The van der Waals surface area contributed by atoms with Crippen LogP contribution in [0.1, 0.15) is 37.0 Å². The zero-order valence-corrected chi connectivity index (χ0v) is 14.5. The van der Waals surface area contributed by atoms with Gasteiger partial charge in [-0.15, -0.1) is 0 Å². The van der Waals surface area contributed by atoms with Crippen molar-refractivity contribution in [2.24, 2.45) is 0 Å². The minimum Gasteiger partial charge on any atom is -0.273 e. The summed E-state index contributed by atoms with van der Waals surface area (Å²) in [6.07, 6.45) is 2.20. The van der Waals surface area contributed by atoms with Crippen molar-refractivity contribution in [2.75, 3.05) is 12.1 Å². The Bertz CT molecular complexity index is 828. The fourth-order valence-corrected chi connectivity index (χ4v) is 2.73. The number of benzene rings is 1. The molecule has 1 aliphatic heterocycles. The summed E-state index contributed by atoms with van der Waals surface area (Å²) in [5.74, 6) is 6.95. The number of nitrogens with zero attached hydrogens (tertiary/aromatic N) is 3. The number of aryl methyl sites for hydroxylation is 1. The maximum Gasteiger partial charge on any atom is 0.244 e. The van der Waals surface area contributed by atoms with E-state index in [9.17, 15) is 4.79 Å². The lowest BCUT2D eigenvalue weighted by Crippen LogP contribution is -2.44. The van der Waals surface area contributed by atoms with Crippen LogP contribution in [0.15, 0.2) is 42.6 Å². The van der Waals surface area contributed by atoms with Gasteiger partial charge in [-0.3, -0.25) is 4.79 Å². The van der Waals surface area contributed by atoms with Crippen LogP contribution in [-0.2, 0) is 4.79 Å². The van der Waals surface area contributed by atoms with Gasteiger partial charge >= 0.3 is 0 Å². The van der Waals surface area contributed by atoms with Crippen LogP contribution in [0.4, 0.5) is 5.82 Å². The Morgan fingerprint density at radius 1 is 1.12 bits per heavy atom. The Morgan fingerprint density at radius 3 is 2.46 bits per heavy atom. The normalized spacial score (nSPS) is 16.8. The van der Waals surface area contributed by atoms with Gasteiger partial charge in [-0.05, 0) is 50.6 Å². The largest absolute Gasteiger partial charge is 0.273 e. The minimum atomic E-state index is -0.192. The Hall–Kier alpha value is -2.64. The molecular weight excluding hydrogens is 298 g/mol.